The van der Waals surface area contributed by atoms with Crippen LogP contribution in [0.15, 0.2) is 60.7 Å². The fraction of sp³-hybridized carbons (Fsp3) is 0.273. The Kier molecular flexibility index (Phi) is 6.51. The van der Waals surface area contributed by atoms with E-state index in [1.807, 2.05) is 42.5 Å². The summed E-state index contributed by atoms with van der Waals surface area (Å²) >= 11 is 6.06. The number of hydrogen-bond donors (Lipinski definition) is 2. The molecule has 0 spiro atoms. The molecule has 0 aliphatic rings. The molecular formula is C22H24ClNO2. The molecule has 0 saturated heterocycles. The van der Waals surface area contributed by atoms with Gasteiger partial charge in [-0.25, -0.2) is 0 Å². The molecular weight excluding hydrogens is 346 g/mol. The van der Waals surface area contributed by atoms with Gasteiger partial charge in [-0.05, 0) is 41.0 Å². The summed E-state index contributed by atoms with van der Waals surface area (Å²) in [4.78, 5) is 0. The van der Waals surface area contributed by atoms with E-state index < -0.39 is 0 Å². The molecule has 0 aliphatic heterocycles. The summed E-state index contributed by atoms with van der Waals surface area (Å²) in [5.74, 6) is 0.851. The van der Waals surface area contributed by atoms with Crippen molar-refractivity contribution < 1.29 is 9.84 Å². The summed E-state index contributed by atoms with van der Waals surface area (Å²) in [6.07, 6.45) is 0.875. The van der Waals surface area contributed by atoms with Crippen LogP contribution in [0, 0.1) is 0 Å². The highest BCUT2D eigenvalue weighted by Gasteiger charge is 2.11. The van der Waals surface area contributed by atoms with Gasteiger partial charge in [-0.15, -0.1) is 0 Å². The molecule has 3 aromatic carbocycles. The van der Waals surface area contributed by atoms with Gasteiger partial charge in [0.15, 0.2) is 0 Å². The first-order valence-corrected chi connectivity index (χ1v) is 9.31. The minimum atomic E-state index is 0.0785. The van der Waals surface area contributed by atoms with Crippen LogP contribution in [0.25, 0.3) is 10.8 Å². The van der Waals surface area contributed by atoms with Crippen LogP contribution < -0.4 is 10.1 Å². The van der Waals surface area contributed by atoms with Crippen molar-refractivity contribution in [3.05, 3.63) is 76.8 Å². The fourth-order valence-corrected chi connectivity index (χ4v) is 3.22. The van der Waals surface area contributed by atoms with Crippen molar-refractivity contribution in [2.45, 2.75) is 32.5 Å². The standard InChI is InChI=1S/C22H24ClNO2/c1-2-19(14-25)24-13-21-20-9-4-3-7-17(20)10-11-22(21)26-15-16-6-5-8-18(23)12-16/h3-12,19,24-25H,2,13-15H2,1H3/t19-/m0/s1. The Labute approximate surface area is 159 Å². The van der Waals surface area contributed by atoms with E-state index in [1.54, 1.807) is 0 Å². The summed E-state index contributed by atoms with van der Waals surface area (Å²) < 4.78 is 6.12. The van der Waals surface area contributed by atoms with E-state index in [0.29, 0.717) is 18.2 Å². The molecule has 0 radical (unpaired) electrons. The lowest BCUT2D eigenvalue weighted by Gasteiger charge is -2.18. The number of benzene rings is 3. The number of aliphatic hydroxyl groups is 1. The number of fused-ring (bicyclic) bond motifs is 1. The summed E-state index contributed by atoms with van der Waals surface area (Å²) in [5, 5.41) is 15.9. The summed E-state index contributed by atoms with van der Waals surface area (Å²) in [5.41, 5.74) is 2.14. The largest absolute Gasteiger partial charge is 0.489 e. The fourth-order valence-electron chi connectivity index (χ4n) is 3.01. The highest BCUT2D eigenvalue weighted by molar-refractivity contribution is 6.30. The SMILES string of the molecule is CC[C@@H](CO)NCc1c(OCc2cccc(Cl)c2)ccc2ccccc12. The number of aliphatic hydroxyl groups excluding tert-OH is 1. The minimum Gasteiger partial charge on any atom is -0.489 e. The van der Waals surface area contributed by atoms with Crippen LogP contribution in [0.2, 0.25) is 5.02 Å². The number of halogens is 1. The maximum Gasteiger partial charge on any atom is 0.124 e. The van der Waals surface area contributed by atoms with Gasteiger partial charge in [0, 0.05) is 23.2 Å². The Bertz CT molecular complexity index is 862. The van der Waals surface area contributed by atoms with Crippen molar-refractivity contribution >= 4 is 22.4 Å². The summed E-state index contributed by atoms with van der Waals surface area (Å²) in [6, 6.07) is 20.2. The van der Waals surface area contributed by atoms with E-state index in [0.717, 1.165) is 28.7 Å². The van der Waals surface area contributed by atoms with Gasteiger partial charge in [0.1, 0.15) is 12.4 Å². The number of ether oxygens (including phenoxy) is 1. The van der Waals surface area contributed by atoms with Crippen LogP contribution in [-0.2, 0) is 13.2 Å². The normalized spacial score (nSPS) is 12.3. The first-order valence-electron chi connectivity index (χ1n) is 8.93. The second kappa shape index (κ2) is 9.04. The molecule has 0 bridgehead atoms. The zero-order valence-electron chi connectivity index (χ0n) is 14.9. The van der Waals surface area contributed by atoms with Crippen LogP contribution in [0.3, 0.4) is 0 Å². The topological polar surface area (TPSA) is 41.5 Å². The van der Waals surface area contributed by atoms with Gasteiger partial charge in [0.25, 0.3) is 0 Å². The van der Waals surface area contributed by atoms with E-state index >= 15 is 0 Å². The molecule has 3 rings (SSSR count). The maximum absolute atomic E-state index is 9.46. The lowest BCUT2D eigenvalue weighted by atomic mass is 10.0. The Morgan fingerprint density at radius 3 is 2.69 bits per heavy atom. The Hall–Kier alpha value is -2.07. The van der Waals surface area contributed by atoms with Gasteiger partial charge in [-0.2, -0.15) is 0 Å². The van der Waals surface area contributed by atoms with E-state index in [4.69, 9.17) is 16.3 Å². The van der Waals surface area contributed by atoms with Crippen LogP contribution >= 0.6 is 11.6 Å². The number of rotatable bonds is 8. The molecule has 2 N–H and O–H groups in total. The molecule has 3 nitrogen and oxygen atoms in total. The molecule has 0 heterocycles. The molecule has 136 valence electrons. The van der Waals surface area contributed by atoms with Crippen molar-refractivity contribution in [2.75, 3.05) is 6.61 Å². The van der Waals surface area contributed by atoms with E-state index in [-0.39, 0.29) is 12.6 Å². The summed E-state index contributed by atoms with van der Waals surface area (Å²) in [6.45, 7) is 3.29. The zero-order valence-corrected chi connectivity index (χ0v) is 15.7. The van der Waals surface area contributed by atoms with Crippen molar-refractivity contribution in [1.82, 2.24) is 5.32 Å². The minimum absolute atomic E-state index is 0.0785. The Morgan fingerprint density at radius 1 is 1.08 bits per heavy atom. The first kappa shape index (κ1) is 18.7. The van der Waals surface area contributed by atoms with Gasteiger partial charge < -0.3 is 15.2 Å². The van der Waals surface area contributed by atoms with Crippen molar-refractivity contribution in [2.24, 2.45) is 0 Å². The molecule has 1 atom stereocenters. The van der Waals surface area contributed by atoms with Gasteiger partial charge in [0.2, 0.25) is 0 Å². The highest BCUT2D eigenvalue weighted by Crippen LogP contribution is 2.29. The second-order valence-corrected chi connectivity index (χ2v) is 6.79. The highest BCUT2D eigenvalue weighted by atomic mass is 35.5. The Morgan fingerprint density at radius 2 is 1.92 bits per heavy atom. The van der Waals surface area contributed by atoms with Crippen LogP contribution in [0.1, 0.15) is 24.5 Å². The number of nitrogens with one attached hydrogen (secondary N) is 1. The predicted octanol–water partition coefficient (Wildman–Crippen LogP) is 4.93. The third-order valence-electron chi connectivity index (χ3n) is 4.56. The molecule has 0 amide bonds. The lowest BCUT2D eigenvalue weighted by Crippen LogP contribution is -2.31. The smallest absolute Gasteiger partial charge is 0.124 e. The monoisotopic (exact) mass is 369 g/mol. The average Bonchev–Trinajstić information content (AvgIpc) is 2.67. The van der Waals surface area contributed by atoms with Crippen molar-refractivity contribution in [3.63, 3.8) is 0 Å². The van der Waals surface area contributed by atoms with Crippen LogP contribution in [0.5, 0.6) is 5.75 Å². The molecule has 0 aliphatic carbocycles. The van der Waals surface area contributed by atoms with Crippen molar-refractivity contribution in [3.8, 4) is 5.75 Å². The molecule has 26 heavy (non-hydrogen) atoms. The van der Waals surface area contributed by atoms with Crippen LogP contribution in [0.4, 0.5) is 0 Å². The molecule has 3 aromatic rings. The molecule has 0 fully saturated rings. The quantitative estimate of drug-likeness (QED) is 0.591. The van der Waals surface area contributed by atoms with Gasteiger partial charge in [-0.3, -0.25) is 0 Å². The van der Waals surface area contributed by atoms with Gasteiger partial charge >= 0.3 is 0 Å². The van der Waals surface area contributed by atoms with E-state index in [2.05, 4.69) is 30.4 Å². The van der Waals surface area contributed by atoms with Crippen molar-refractivity contribution in [1.29, 1.82) is 0 Å². The maximum atomic E-state index is 9.46. The lowest BCUT2D eigenvalue weighted by molar-refractivity contribution is 0.237. The van der Waals surface area contributed by atoms with E-state index in [9.17, 15) is 5.11 Å². The Balaban J connectivity index is 1.86. The first-order chi connectivity index (χ1) is 12.7. The third kappa shape index (κ3) is 4.55. The second-order valence-electron chi connectivity index (χ2n) is 6.35. The average molecular weight is 370 g/mol. The van der Waals surface area contributed by atoms with Gasteiger partial charge in [-0.1, -0.05) is 61.0 Å². The van der Waals surface area contributed by atoms with Crippen LogP contribution in [-0.4, -0.2) is 17.8 Å². The summed E-state index contributed by atoms with van der Waals surface area (Å²) in [7, 11) is 0. The predicted molar refractivity (Wildman–Crippen MR) is 108 cm³/mol. The third-order valence-corrected chi connectivity index (χ3v) is 4.80. The molecule has 0 aromatic heterocycles. The molecule has 0 saturated carbocycles. The molecule has 4 heteroatoms. The molecule has 0 unspecified atom stereocenters. The zero-order chi connectivity index (χ0) is 18.4. The van der Waals surface area contributed by atoms with E-state index in [1.165, 1.54) is 5.39 Å². The van der Waals surface area contributed by atoms with Gasteiger partial charge in [0.05, 0.1) is 6.61 Å². The number of hydrogen-bond acceptors (Lipinski definition) is 3.